The van der Waals surface area contributed by atoms with Crippen molar-refractivity contribution in [3.8, 4) is 11.5 Å². The fourth-order valence-corrected chi connectivity index (χ4v) is 3.33. The number of methoxy groups -OCH3 is 4. The van der Waals surface area contributed by atoms with Crippen LogP contribution >= 0.6 is 15.9 Å². The van der Waals surface area contributed by atoms with Crippen molar-refractivity contribution in [2.75, 3.05) is 35.0 Å². The Bertz CT molecular complexity index is 798. The van der Waals surface area contributed by atoms with Crippen LogP contribution in [0.1, 0.15) is 12.0 Å². The average molecular weight is 409 g/mol. The van der Waals surface area contributed by atoms with Crippen LogP contribution < -0.4 is 9.47 Å². The summed E-state index contributed by atoms with van der Waals surface area (Å²) in [6.07, 6.45) is 2.18. The van der Waals surface area contributed by atoms with Gasteiger partial charge in [-0.15, -0.1) is 0 Å². The third-order valence-electron chi connectivity index (χ3n) is 3.85. The smallest absolute Gasteiger partial charge is 0.333 e. The summed E-state index contributed by atoms with van der Waals surface area (Å²) in [5.74, 6) is 0.929. The summed E-state index contributed by atoms with van der Waals surface area (Å²) in [6, 6.07) is 7.77. The van der Waals surface area contributed by atoms with Gasteiger partial charge in [-0.1, -0.05) is 24.3 Å². The van der Waals surface area contributed by atoms with Crippen molar-refractivity contribution < 1.29 is 23.7 Å². The van der Waals surface area contributed by atoms with E-state index in [0.29, 0.717) is 34.6 Å². The molecular weight excluding hydrogens is 388 g/mol. The number of benzene rings is 2. The van der Waals surface area contributed by atoms with Crippen LogP contribution in [0.2, 0.25) is 0 Å². The minimum Gasteiger partial charge on any atom is -0.495 e. The van der Waals surface area contributed by atoms with E-state index in [2.05, 4.69) is 15.9 Å². The molecule has 2 aromatic carbocycles. The van der Waals surface area contributed by atoms with E-state index in [9.17, 15) is 4.79 Å². The van der Waals surface area contributed by atoms with Gasteiger partial charge in [-0.3, -0.25) is 0 Å². The molecule has 0 saturated carbocycles. The lowest BCUT2D eigenvalue weighted by atomic mass is 10.0. The molecule has 0 spiro atoms. The maximum atomic E-state index is 12.1. The number of carbonyl (C=O) groups is 1. The highest BCUT2D eigenvalue weighted by molar-refractivity contribution is 9.10. The second kappa shape index (κ2) is 8.87. The molecule has 0 aliphatic heterocycles. The Labute approximate surface area is 155 Å². The molecule has 2 aromatic rings. The molecule has 25 heavy (non-hydrogen) atoms. The molecule has 0 saturated heterocycles. The molecular formula is C19H21BrO5. The lowest BCUT2D eigenvalue weighted by Crippen LogP contribution is -2.07. The first-order chi connectivity index (χ1) is 12.1. The van der Waals surface area contributed by atoms with Gasteiger partial charge in [0.2, 0.25) is 0 Å². The van der Waals surface area contributed by atoms with Gasteiger partial charge in [-0.25, -0.2) is 4.79 Å². The molecule has 2 rings (SSSR count). The van der Waals surface area contributed by atoms with Gasteiger partial charge in [0.15, 0.2) is 0 Å². The minimum absolute atomic E-state index is 0.405. The topological polar surface area (TPSA) is 54.0 Å². The van der Waals surface area contributed by atoms with E-state index in [1.807, 2.05) is 24.3 Å². The van der Waals surface area contributed by atoms with Gasteiger partial charge in [-0.2, -0.15) is 0 Å². The van der Waals surface area contributed by atoms with Gasteiger partial charge in [0, 0.05) is 35.4 Å². The van der Waals surface area contributed by atoms with Gasteiger partial charge < -0.3 is 18.9 Å². The summed E-state index contributed by atoms with van der Waals surface area (Å²) < 4.78 is 21.9. The molecule has 0 radical (unpaired) electrons. The molecule has 0 atom stereocenters. The van der Waals surface area contributed by atoms with Gasteiger partial charge in [0.25, 0.3) is 0 Å². The number of hydrogen-bond donors (Lipinski definition) is 0. The molecule has 0 fully saturated rings. The van der Waals surface area contributed by atoms with Crippen LogP contribution in [0.3, 0.4) is 0 Å². The number of esters is 1. The Morgan fingerprint density at radius 3 is 2.16 bits per heavy atom. The first-order valence-electron chi connectivity index (χ1n) is 7.69. The van der Waals surface area contributed by atoms with Crippen LogP contribution in [-0.2, 0) is 14.3 Å². The van der Waals surface area contributed by atoms with Gasteiger partial charge in [-0.05, 0) is 22.0 Å². The van der Waals surface area contributed by atoms with Crippen LogP contribution in [0.15, 0.2) is 34.3 Å². The summed E-state index contributed by atoms with van der Waals surface area (Å²) in [4.78, 5) is 12.1. The fraction of sp³-hybridized carbons (Fsp3) is 0.316. The highest BCUT2D eigenvalue weighted by Crippen LogP contribution is 2.44. The number of hydrogen-bond acceptors (Lipinski definition) is 5. The van der Waals surface area contributed by atoms with E-state index in [0.717, 1.165) is 16.3 Å². The normalized spacial score (nSPS) is 11.5. The molecule has 0 aliphatic rings. The molecule has 0 heterocycles. The lowest BCUT2D eigenvalue weighted by Gasteiger charge is -2.17. The van der Waals surface area contributed by atoms with E-state index in [1.54, 1.807) is 27.4 Å². The number of fused-ring (bicyclic) bond motifs is 1. The Kier molecular flexibility index (Phi) is 6.84. The van der Waals surface area contributed by atoms with E-state index >= 15 is 0 Å². The predicted molar refractivity (Wildman–Crippen MR) is 101 cm³/mol. The first kappa shape index (κ1) is 19.3. The quantitative estimate of drug-likeness (QED) is 0.507. The molecule has 0 N–H and O–H groups in total. The van der Waals surface area contributed by atoms with E-state index in [4.69, 9.17) is 18.9 Å². The van der Waals surface area contributed by atoms with Crippen molar-refractivity contribution >= 4 is 38.7 Å². The maximum absolute atomic E-state index is 12.1. The highest BCUT2D eigenvalue weighted by Gasteiger charge is 2.20. The van der Waals surface area contributed by atoms with Crippen molar-refractivity contribution in [3.05, 3.63) is 39.9 Å². The van der Waals surface area contributed by atoms with E-state index in [-0.39, 0.29) is 0 Å². The molecule has 5 nitrogen and oxygen atoms in total. The van der Waals surface area contributed by atoms with E-state index < -0.39 is 5.97 Å². The SMILES string of the molecule is COCCC(=Cc1c(Br)c(OC)c2ccccc2c1OC)C(=O)OC. The van der Waals surface area contributed by atoms with Gasteiger partial charge in [0.05, 0.1) is 32.4 Å². The molecule has 0 aromatic heterocycles. The summed E-state index contributed by atoms with van der Waals surface area (Å²) >= 11 is 3.59. The number of ether oxygens (including phenoxy) is 4. The van der Waals surface area contributed by atoms with E-state index in [1.165, 1.54) is 7.11 Å². The fourth-order valence-electron chi connectivity index (χ4n) is 2.66. The number of carbonyl (C=O) groups excluding carboxylic acids is 1. The Morgan fingerprint density at radius 2 is 1.64 bits per heavy atom. The molecule has 0 amide bonds. The Morgan fingerprint density at radius 1 is 1.04 bits per heavy atom. The average Bonchev–Trinajstić information content (AvgIpc) is 2.64. The van der Waals surface area contributed by atoms with Crippen molar-refractivity contribution in [2.45, 2.75) is 6.42 Å². The van der Waals surface area contributed by atoms with Crippen molar-refractivity contribution in [1.29, 1.82) is 0 Å². The summed E-state index contributed by atoms with van der Waals surface area (Å²) in [5.41, 5.74) is 1.20. The largest absolute Gasteiger partial charge is 0.495 e. The third kappa shape index (κ3) is 3.96. The zero-order valence-corrected chi connectivity index (χ0v) is 16.3. The number of rotatable bonds is 7. The summed E-state index contributed by atoms with van der Waals surface area (Å²) in [7, 11) is 6.16. The lowest BCUT2D eigenvalue weighted by molar-refractivity contribution is -0.136. The predicted octanol–water partition coefficient (Wildman–Crippen LogP) is 4.21. The molecule has 0 aliphatic carbocycles. The van der Waals surface area contributed by atoms with Crippen LogP contribution in [-0.4, -0.2) is 41.0 Å². The second-order valence-electron chi connectivity index (χ2n) is 5.24. The standard InChI is InChI=1S/C19H21BrO5/c1-22-10-9-12(19(21)25-4)11-15-16(20)18(24-3)14-8-6-5-7-13(14)17(15)23-2/h5-8,11H,9-10H2,1-4H3. The molecule has 134 valence electrons. The summed E-state index contributed by atoms with van der Waals surface area (Å²) in [5, 5.41) is 1.81. The third-order valence-corrected chi connectivity index (χ3v) is 4.63. The maximum Gasteiger partial charge on any atom is 0.333 e. The Balaban J connectivity index is 2.76. The second-order valence-corrected chi connectivity index (χ2v) is 6.04. The molecule has 6 heteroatoms. The Hall–Kier alpha value is -2.05. The van der Waals surface area contributed by atoms with Crippen LogP contribution in [0, 0.1) is 0 Å². The summed E-state index contributed by atoms with van der Waals surface area (Å²) in [6.45, 7) is 0.408. The van der Waals surface area contributed by atoms with Gasteiger partial charge in [0.1, 0.15) is 11.5 Å². The monoisotopic (exact) mass is 408 g/mol. The van der Waals surface area contributed by atoms with Crippen LogP contribution in [0.25, 0.3) is 16.8 Å². The number of halogens is 1. The van der Waals surface area contributed by atoms with Crippen molar-refractivity contribution in [2.24, 2.45) is 0 Å². The van der Waals surface area contributed by atoms with Crippen LogP contribution in [0.4, 0.5) is 0 Å². The molecule has 0 bridgehead atoms. The van der Waals surface area contributed by atoms with Crippen molar-refractivity contribution in [3.63, 3.8) is 0 Å². The first-order valence-corrected chi connectivity index (χ1v) is 8.48. The minimum atomic E-state index is -0.405. The van der Waals surface area contributed by atoms with Gasteiger partial charge >= 0.3 is 5.97 Å². The van der Waals surface area contributed by atoms with Crippen molar-refractivity contribution in [1.82, 2.24) is 0 Å². The van der Waals surface area contributed by atoms with Crippen LogP contribution in [0.5, 0.6) is 11.5 Å². The highest BCUT2D eigenvalue weighted by atomic mass is 79.9. The zero-order valence-electron chi connectivity index (χ0n) is 14.7. The zero-order chi connectivity index (χ0) is 18.4. The molecule has 0 unspecified atom stereocenters.